The van der Waals surface area contributed by atoms with Crippen LogP contribution in [0.2, 0.25) is 0 Å². The van der Waals surface area contributed by atoms with Crippen molar-refractivity contribution in [1.29, 1.82) is 0 Å². The molecule has 21 atom stereocenters. The number of ether oxygens (including phenoxy) is 11. The van der Waals surface area contributed by atoms with Crippen LogP contribution in [0.15, 0.2) is 12.3 Å². The molecule has 0 aromatic carbocycles. The third-order valence-electron chi connectivity index (χ3n) is 10.4. The van der Waals surface area contributed by atoms with Gasteiger partial charge in [0.15, 0.2) is 25.2 Å². The van der Waals surface area contributed by atoms with Crippen molar-refractivity contribution in [2.24, 2.45) is 0 Å². The summed E-state index contributed by atoms with van der Waals surface area (Å²) in [5, 5.41) is 136. The van der Waals surface area contributed by atoms with E-state index in [1.165, 1.54) is 12.3 Å². The van der Waals surface area contributed by atoms with Crippen LogP contribution in [0.5, 0.6) is 0 Å². The molecule has 5 aliphatic heterocycles. The SMILES string of the molecule is C.CC(C)(C)OC1C(CO)OC(O)C(O)C1O.CC(C)(C)OC1OC=CC(O)C1O.CC(C)(C)OC1OCC(O)C(O)C1O.CC(C)(C)OC1OCC(OC2OC(CO)C(OC(C)(C)C)C(O)C2O)C(O)C1O.O.O=C=O.O=C=O.O=C=O. The van der Waals surface area contributed by atoms with Crippen molar-refractivity contribution >= 4 is 18.5 Å². The third-order valence-corrected chi connectivity index (χ3v) is 10.4. The molecule has 0 radical (unpaired) electrons. The Hall–Kier alpha value is -3.32. The van der Waals surface area contributed by atoms with Gasteiger partial charge in [0, 0.05) is 0 Å². The maximum absolute atomic E-state index is 10.5. The minimum Gasteiger partial charge on any atom is -0.470 e. The lowest BCUT2D eigenvalue weighted by Crippen LogP contribution is -2.63. The van der Waals surface area contributed by atoms with Crippen LogP contribution in [0, 0.1) is 0 Å². The van der Waals surface area contributed by atoms with E-state index < -0.39 is 170 Å². The first-order valence-electron chi connectivity index (χ1n) is 25.2. The van der Waals surface area contributed by atoms with Crippen LogP contribution in [0.4, 0.5) is 0 Å². The van der Waals surface area contributed by atoms with Gasteiger partial charge in [0.2, 0.25) is 6.29 Å². The minimum atomic E-state index is -1.51. The van der Waals surface area contributed by atoms with Crippen molar-refractivity contribution in [2.75, 3.05) is 26.4 Å². The predicted octanol–water partition coefficient (Wildman–Crippen LogP) is -4.82. The molecule has 21 unspecified atom stereocenters. The van der Waals surface area contributed by atoms with Crippen molar-refractivity contribution in [3.63, 3.8) is 0 Å². The smallest absolute Gasteiger partial charge is 0.373 e. The standard InChI is InChI=1S/C19H36O10.C10H20O6.C9H18O5.C9H16O4.3CO2.CH4.H2O/c1-18(2,3)28-15-9(7-20)26-17(14(24)12(15)22)27-10-8-25-16(13(23)11(10)21)29-19(4,5)6;1-10(2,3)16-8-5(4-11)15-9(14)7(13)6(8)12;1-9(2,3)14-8-7(12)6(11)5(10)4-13-8;1-9(2,3)13-8-7(11)6(10)4-5-12-8;3*2-1-3;;/h9-17,20-24H,7-8H2,1-6H3;5-9,11-14H,4H2,1-3H3;5-8,10-12H,4H2,1-3H3;4-8,10-11H,1-3H3;;;;1H4;1H2. The Morgan fingerprint density at radius 1 is 0.434 bits per heavy atom. The molecule has 492 valence electrons. The summed E-state index contributed by atoms with van der Waals surface area (Å²) in [5.74, 6) is 0. The van der Waals surface area contributed by atoms with E-state index in [2.05, 4.69) is 0 Å². The molecule has 0 aromatic heterocycles. The second-order valence-electron chi connectivity index (χ2n) is 23.2. The Bertz CT molecular complexity index is 1810. The first-order chi connectivity index (χ1) is 36.9. The Balaban J connectivity index is -0.000000497. The highest BCUT2D eigenvalue weighted by Gasteiger charge is 2.51. The fourth-order valence-corrected chi connectivity index (χ4v) is 7.09. The van der Waals surface area contributed by atoms with Crippen molar-refractivity contribution in [3.8, 4) is 0 Å². The Morgan fingerprint density at radius 3 is 1.16 bits per heavy atom. The maximum atomic E-state index is 10.5. The minimum absolute atomic E-state index is 0. The topological polar surface area (TPSA) is 519 Å². The monoisotopic (exact) mass is 1220 g/mol. The molecule has 5 rings (SSSR count). The molecule has 0 saturated carbocycles. The number of aliphatic hydroxyl groups is 14. The Kier molecular flexibility index (Phi) is 41.0. The van der Waals surface area contributed by atoms with E-state index >= 15 is 0 Å². The third kappa shape index (κ3) is 33.4. The van der Waals surface area contributed by atoms with Crippen molar-refractivity contribution in [2.45, 2.75) is 268 Å². The Morgan fingerprint density at radius 2 is 0.771 bits per heavy atom. The van der Waals surface area contributed by atoms with E-state index in [9.17, 15) is 66.4 Å². The van der Waals surface area contributed by atoms with Crippen LogP contribution in [0.1, 0.15) is 111 Å². The summed E-state index contributed by atoms with van der Waals surface area (Å²) >= 11 is 0. The normalized spacial score (nSPS) is 35.0. The zero-order chi connectivity index (χ0) is 63.8. The second kappa shape index (κ2) is 39.5. The van der Waals surface area contributed by atoms with Crippen LogP contribution in [0.25, 0.3) is 0 Å². The molecule has 0 amide bonds. The van der Waals surface area contributed by atoms with Crippen LogP contribution in [-0.2, 0) is 80.9 Å². The largest absolute Gasteiger partial charge is 0.470 e. The number of aliphatic hydroxyl groups excluding tert-OH is 14. The molecule has 4 saturated heterocycles. The second-order valence-corrected chi connectivity index (χ2v) is 23.2. The lowest BCUT2D eigenvalue weighted by atomic mass is 9.97. The molecule has 0 spiro atoms. The van der Waals surface area contributed by atoms with Crippen LogP contribution in [-0.4, -0.2) is 279 Å². The van der Waals surface area contributed by atoms with Crippen LogP contribution in [0.3, 0.4) is 0 Å². The van der Waals surface area contributed by atoms with Crippen LogP contribution < -0.4 is 0 Å². The molecular formula is C51H96O32. The van der Waals surface area contributed by atoms with Crippen molar-refractivity contribution in [1.82, 2.24) is 0 Å². The van der Waals surface area contributed by atoms with Gasteiger partial charge >= 0.3 is 18.5 Å². The quantitative estimate of drug-likeness (QED) is 0.103. The highest BCUT2D eigenvalue weighted by Crippen LogP contribution is 2.32. The number of hydrogen-bond acceptors (Lipinski definition) is 31. The summed E-state index contributed by atoms with van der Waals surface area (Å²) in [7, 11) is 0. The lowest BCUT2D eigenvalue weighted by Gasteiger charge is -2.46. The van der Waals surface area contributed by atoms with Crippen LogP contribution >= 0.6 is 0 Å². The summed E-state index contributed by atoms with van der Waals surface area (Å²) in [6.45, 7) is 26.0. The molecule has 0 aliphatic carbocycles. The maximum Gasteiger partial charge on any atom is 0.373 e. The molecule has 0 aromatic rings. The molecule has 5 aliphatic rings. The van der Waals surface area contributed by atoms with Gasteiger partial charge in [-0.2, -0.15) is 28.8 Å². The van der Waals surface area contributed by atoms with Gasteiger partial charge in [-0.3, -0.25) is 0 Å². The van der Waals surface area contributed by atoms with E-state index in [4.69, 9.17) is 86.0 Å². The molecule has 4 fully saturated rings. The average molecular weight is 1220 g/mol. The first kappa shape index (κ1) is 86.1. The van der Waals surface area contributed by atoms with Gasteiger partial charge in [0.05, 0.1) is 60.7 Å². The van der Waals surface area contributed by atoms with E-state index in [1.807, 2.05) is 41.5 Å². The number of hydrogen-bond donors (Lipinski definition) is 14. The van der Waals surface area contributed by atoms with Gasteiger partial charge in [0.25, 0.3) is 0 Å². The van der Waals surface area contributed by atoms with E-state index in [0.717, 1.165) is 0 Å². The lowest BCUT2D eigenvalue weighted by molar-refractivity contribution is -0.355. The molecule has 16 N–H and O–H groups in total. The molecule has 5 heterocycles. The summed E-state index contributed by atoms with van der Waals surface area (Å²) < 4.78 is 59.2. The van der Waals surface area contributed by atoms with Gasteiger partial charge in [-0.05, 0) is 110 Å². The Labute approximate surface area is 482 Å². The van der Waals surface area contributed by atoms with Gasteiger partial charge in [0.1, 0.15) is 97.7 Å². The fraction of sp³-hybridized carbons (Fsp3) is 0.902. The zero-order valence-corrected chi connectivity index (χ0v) is 48.8. The van der Waals surface area contributed by atoms with Crippen molar-refractivity contribution < 1.29 is 158 Å². The number of rotatable bonds is 9. The highest BCUT2D eigenvalue weighted by atomic mass is 16.7. The molecule has 83 heavy (non-hydrogen) atoms. The van der Waals surface area contributed by atoms with E-state index in [1.54, 1.807) is 62.3 Å². The predicted molar refractivity (Wildman–Crippen MR) is 275 cm³/mol. The summed E-state index contributed by atoms with van der Waals surface area (Å²) in [5.41, 5.74) is -2.66. The number of carbonyl (C=O) groups excluding carboxylic acids is 6. The highest BCUT2D eigenvalue weighted by molar-refractivity contribution is 5.20. The van der Waals surface area contributed by atoms with Gasteiger partial charge in [-0.15, -0.1) is 0 Å². The molecular weight excluding hydrogens is 1120 g/mol. The first-order valence-corrected chi connectivity index (χ1v) is 25.2. The van der Waals surface area contributed by atoms with E-state index in [0.29, 0.717) is 0 Å². The van der Waals surface area contributed by atoms with Gasteiger partial charge in [-0.1, -0.05) is 7.43 Å². The average Bonchev–Trinajstić information content (AvgIpc) is 3.32. The summed E-state index contributed by atoms with van der Waals surface area (Å²) in [4.78, 5) is 48.8. The molecule has 32 nitrogen and oxygen atoms in total. The van der Waals surface area contributed by atoms with Gasteiger partial charge < -0.3 is 129 Å². The fourth-order valence-electron chi connectivity index (χ4n) is 7.09. The zero-order valence-electron chi connectivity index (χ0n) is 48.8. The summed E-state index contributed by atoms with van der Waals surface area (Å²) in [6, 6.07) is 0. The van der Waals surface area contributed by atoms with E-state index in [-0.39, 0.29) is 44.6 Å². The molecule has 32 heteroatoms. The summed E-state index contributed by atoms with van der Waals surface area (Å²) in [6.07, 6.45) is -20.6. The van der Waals surface area contributed by atoms with Gasteiger partial charge in [-0.25, -0.2) is 0 Å². The molecule has 0 bridgehead atoms. The van der Waals surface area contributed by atoms with Crippen molar-refractivity contribution in [3.05, 3.63) is 12.3 Å².